The third kappa shape index (κ3) is 7.93. The highest BCUT2D eigenvalue weighted by Crippen LogP contribution is 2.49. The van der Waals surface area contributed by atoms with Crippen LogP contribution in [0.5, 0.6) is 17.2 Å². The number of carboxylic acid groups (broad SMARTS) is 1. The van der Waals surface area contributed by atoms with Crippen molar-refractivity contribution in [2.45, 2.75) is 122 Å². The van der Waals surface area contributed by atoms with E-state index >= 15 is 0 Å². The summed E-state index contributed by atoms with van der Waals surface area (Å²) in [5.41, 5.74) is 1.55. The molecule has 0 spiro atoms. The number of fused-ring (bicyclic) bond motifs is 1. The number of phenolic OH excluding ortho intramolecular Hbond substituents is 2. The largest absolute Gasteiger partial charge is 0.508 e. The topological polar surface area (TPSA) is 87.0 Å². The molecule has 0 amide bonds. The molecule has 216 valence electrons. The van der Waals surface area contributed by atoms with Crippen molar-refractivity contribution in [3.8, 4) is 17.2 Å². The van der Waals surface area contributed by atoms with Crippen LogP contribution < -0.4 is 4.74 Å². The lowest BCUT2D eigenvalue weighted by Gasteiger charge is -2.43. The van der Waals surface area contributed by atoms with Gasteiger partial charge in [0.05, 0.1) is 12.0 Å². The number of unbranched alkanes of at least 4 members (excludes halogenated alkanes) is 8. The number of benzene rings is 2. The third-order valence-corrected chi connectivity index (χ3v) is 9.23. The van der Waals surface area contributed by atoms with Gasteiger partial charge < -0.3 is 20.1 Å². The van der Waals surface area contributed by atoms with Crippen molar-refractivity contribution in [2.24, 2.45) is 5.41 Å². The van der Waals surface area contributed by atoms with Gasteiger partial charge >= 0.3 is 5.97 Å². The van der Waals surface area contributed by atoms with Crippen LogP contribution in [0.4, 0.5) is 0 Å². The van der Waals surface area contributed by atoms with E-state index in [1.807, 2.05) is 25.1 Å². The fourth-order valence-electron chi connectivity index (χ4n) is 6.46. The maximum Gasteiger partial charge on any atom is 0.309 e. The Balaban J connectivity index is 1.48. The van der Waals surface area contributed by atoms with Gasteiger partial charge in [0.15, 0.2) is 0 Å². The van der Waals surface area contributed by atoms with Crippen molar-refractivity contribution in [1.82, 2.24) is 0 Å². The normalized spacial score (nSPS) is 20.1. The smallest absolute Gasteiger partial charge is 0.309 e. The molecule has 1 heterocycles. The summed E-state index contributed by atoms with van der Waals surface area (Å²) in [6, 6.07) is 13.0. The predicted molar refractivity (Wildman–Crippen MR) is 158 cm³/mol. The highest BCUT2D eigenvalue weighted by Gasteiger charge is 2.42. The second kappa shape index (κ2) is 14.6. The van der Waals surface area contributed by atoms with Gasteiger partial charge in [0.25, 0.3) is 0 Å². The van der Waals surface area contributed by atoms with E-state index in [0.29, 0.717) is 6.61 Å². The second-order valence-corrected chi connectivity index (χ2v) is 11.9. The molecule has 5 nitrogen and oxygen atoms in total. The van der Waals surface area contributed by atoms with Crippen molar-refractivity contribution < 1.29 is 24.9 Å². The zero-order valence-electron chi connectivity index (χ0n) is 24.4. The number of aliphatic carboxylic acids is 1. The summed E-state index contributed by atoms with van der Waals surface area (Å²) in [5, 5.41) is 29.7. The number of hydrogen-bond donors (Lipinski definition) is 3. The monoisotopic (exact) mass is 538 g/mol. The van der Waals surface area contributed by atoms with Gasteiger partial charge in [-0.3, -0.25) is 4.79 Å². The molecule has 0 aromatic heterocycles. The number of phenols is 2. The van der Waals surface area contributed by atoms with E-state index in [0.717, 1.165) is 81.1 Å². The van der Waals surface area contributed by atoms with Crippen LogP contribution in [0.2, 0.25) is 0 Å². The third-order valence-electron chi connectivity index (χ3n) is 9.23. The van der Waals surface area contributed by atoms with Crippen LogP contribution in [0.25, 0.3) is 0 Å². The summed E-state index contributed by atoms with van der Waals surface area (Å²) in [4.78, 5) is 12.0. The van der Waals surface area contributed by atoms with Gasteiger partial charge in [0.2, 0.25) is 0 Å². The van der Waals surface area contributed by atoms with Gasteiger partial charge in [-0.2, -0.15) is 0 Å². The van der Waals surface area contributed by atoms with Crippen molar-refractivity contribution in [3.63, 3.8) is 0 Å². The number of ether oxygens (including phenoxy) is 1. The van der Waals surface area contributed by atoms with Crippen molar-refractivity contribution in [3.05, 3.63) is 53.6 Å². The molecule has 3 atom stereocenters. The predicted octanol–water partition coefficient (Wildman–Crippen LogP) is 9.10. The molecule has 3 rings (SSSR count). The van der Waals surface area contributed by atoms with Gasteiger partial charge in [-0.25, -0.2) is 0 Å². The first-order valence-corrected chi connectivity index (χ1v) is 15.2. The Hall–Kier alpha value is -2.69. The fraction of sp³-hybridized carbons (Fsp3) is 0.618. The summed E-state index contributed by atoms with van der Waals surface area (Å²) < 4.78 is 6.13. The van der Waals surface area contributed by atoms with Gasteiger partial charge in [-0.15, -0.1) is 0 Å². The van der Waals surface area contributed by atoms with E-state index < -0.39 is 11.4 Å². The zero-order valence-corrected chi connectivity index (χ0v) is 24.4. The number of aromatic hydroxyl groups is 2. The molecule has 1 aliphatic rings. The first-order chi connectivity index (χ1) is 18.8. The van der Waals surface area contributed by atoms with E-state index in [1.54, 1.807) is 24.3 Å². The molecule has 5 heteroatoms. The zero-order chi connectivity index (χ0) is 28.3. The molecular formula is C34H50O5. The molecule has 3 unspecified atom stereocenters. The first-order valence-electron chi connectivity index (χ1n) is 15.2. The minimum Gasteiger partial charge on any atom is -0.508 e. The lowest BCUT2D eigenvalue weighted by molar-refractivity contribution is -0.150. The van der Waals surface area contributed by atoms with E-state index in [2.05, 4.69) is 13.8 Å². The van der Waals surface area contributed by atoms with Gasteiger partial charge in [0.1, 0.15) is 17.2 Å². The molecular weight excluding hydrogens is 488 g/mol. The molecule has 39 heavy (non-hydrogen) atoms. The summed E-state index contributed by atoms with van der Waals surface area (Å²) in [7, 11) is 0. The average molecular weight is 539 g/mol. The Morgan fingerprint density at radius 2 is 1.46 bits per heavy atom. The molecule has 0 aliphatic carbocycles. The lowest BCUT2D eigenvalue weighted by Crippen LogP contribution is -2.40. The molecule has 0 fully saturated rings. The highest BCUT2D eigenvalue weighted by atomic mass is 16.5. The molecule has 1 aliphatic heterocycles. The van der Waals surface area contributed by atoms with Crippen molar-refractivity contribution in [2.75, 3.05) is 6.61 Å². The maximum absolute atomic E-state index is 12.0. The molecule has 0 saturated carbocycles. The molecule has 0 saturated heterocycles. The van der Waals surface area contributed by atoms with Crippen molar-refractivity contribution in [1.29, 1.82) is 0 Å². The highest BCUT2D eigenvalue weighted by molar-refractivity contribution is 5.74. The molecule has 0 radical (unpaired) electrons. The van der Waals surface area contributed by atoms with Crippen molar-refractivity contribution >= 4 is 5.97 Å². The van der Waals surface area contributed by atoms with Gasteiger partial charge in [-0.05, 0) is 55.0 Å². The van der Waals surface area contributed by atoms with Crippen LogP contribution in [0.1, 0.15) is 128 Å². The Morgan fingerprint density at radius 1 is 0.872 bits per heavy atom. The Labute approximate surface area is 235 Å². The number of hydrogen-bond acceptors (Lipinski definition) is 4. The van der Waals surface area contributed by atoms with Gasteiger partial charge in [0, 0.05) is 17.4 Å². The molecule has 2 aromatic rings. The SMILES string of the molecule is CCCCCC(CC)(CCCCCCCCCC1c2ccc(O)cc2OCC1(C)c1ccc(O)cc1)C(=O)O. The summed E-state index contributed by atoms with van der Waals surface area (Å²) in [6.07, 6.45) is 14.6. The Kier molecular flexibility index (Phi) is 11.6. The number of carboxylic acids is 1. The van der Waals surface area contributed by atoms with Crippen LogP contribution >= 0.6 is 0 Å². The number of rotatable bonds is 17. The van der Waals surface area contributed by atoms with E-state index in [1.165, 1.54) is 25.7 Å². The van der Waals surface area contributed by atoms with Crippen LogP contribution in [0, 0.1) is 5.41 Å². The lowest BCUT2D eigenvalue weighted by atomic mass is 9.66. The van der Waals surface area contributed by atoms with Crippen LogP contribution in [-0.4, -0.2) is 27.9 Å². The second-order valence-electron chi connectivity index (χ2n) is 11.9. The van der Waals surface area contributed by atoms with Crippen LogP contribution in [0.15, 0.2) is 42.5 Å². The number of carbonyl (C=O) groups is 1. The Morgan fingerprint density at radius 3 is 2.08 bits per heavy atom. The minimum absolute atomic E-state index is 0.218. The average Bonchev–Trinajstić information content (AvgIpc) is 2.92. The first kappa shape index (κ1) is 30.8. The standard InChI is InChI=1S/C34H50O5/c1-4-6-13-22-34(5-2,32(37)38)23-14-11-9-7-8-10-12-15-30-29-21-20-28(36)24-31(29)39-25-33(30,3)26-16-18-27(35)19-17-26/h16-21,24,30,35-36H,4-15,22-23,25H2,1-3H3,(H,37,38). The minimum atomic E-state index is -0.606. The van der Waals surface area contributed by atoms with Gasteiger partial charge in [-0.1, -0.05) is 103 Å². The van der Waals surface area contributed by atoms with E-state index in [9.17, 15) is 20.1 Å². The maximum atomic E-state index is 12.0. The molecule has 3 N–H and O–H groups in total. The quantitative estimate of drug-likeness (QED) is 0.175. The fourth-order valence-corrected chi connectivity index (χ4v) is 6.46. The van der Waals surface area contributed by atoms with Crippen LogP contribution in [0.3, 0.4) is 0 Å². The summed E-state index contributed by atoms with van der Waals surface area (Å²) in [6.45, 7) is 6.98. The van der Waals surface area contributed by atoms with Crippen LogP contribution in [-0.2, 0) is 10.2 Å². The summed E-state index contributed by atoms with van der Waals surface area (Å²) >= 11 is 0. The summed E-state index contributed by atoms with van der Waals surface area (Å²) in [5.74, 6) is 0.917. The molecule has 2 aromatic carbocycles. The van der Waals surface area contributed by atoms with E-state index in [4.69, 9.17) is 4.74 Å². The van der Waals surface area contributed by atoms with E-state index in [-0.39, 0.29) is 22.8 Å². The Bertz CT molecular complexity index is 1030. The molecule has 0 bridgehead atoms.